The lowest BCUT2D eigenvalue weighted by Gasteiger charge is -2.27. The van der Waals surface area contributed by atoms with Gasteiger partial charge in [0.25, 0.3) is 29.5 Å². The summed E-state index contributed by atoms with van der Waals surface area (Å²) in [6, 6.07) is 20.6. The van der Waals surface area contributed by atoms with Gasteiger partial charge < -0.3 is 72.6 Å². The minimum absolute atomic E-state index is 0.00304. The molecule has 14 rings (SSSR count). The Hall–Kier alpha value is -11.7. The summed E-state index contributed by atoms with van der Waals surface area (Å²) in [5, 5.41) is 39.8. The third-order valence-electron chi connectivity index (χ3n) is 22.3. The summed E-state index contributed by atoms with van der Waals surface area (Å²) in [5.74, 6) is -4.06. The van der Waals surface area contributed by atoms with Crippen molar-refractivity contribution in [2.75, 3.05) is 158 Å². The number of aliphatic imine (C=N–C) groups is 2. The van der Waals surface area contributed by atoms with E-state index in [1.165, 1.54) is 40.1 Å². The highest BCUT2D eigenvalue weighted by Gasteiger charge is 2.48. The number of piperidine rings is 2. The Balaban J connectivity index is 0.000000206. The fourth-order valence-corrected chi connectivity index (χ4v) is 18.0. The Morgan fingerprint density at radius 1 is 0.445 bits per heavy atom. The average molecular weight is 1970 g/mol. The van der Waals surface area contributed by atoms with Crippen LogP contribution in [0.15, 0.2) is 94.9 Å². The van der Waals surface area contributed by atoms with Gasteiger partial charge in [0, 0.05) is 87.6 Å². The zero-order valence-corrected chi connectivity index (χ0v) is 80.2. The number of hydrogen-bond acceptors (Lipinski definition) is 32. The van der Waals surface area contributed by atoms with Gasteiger partial charge in [-0.1, -0.05) is 66.5 Å². The zero-order chi connectivity index (χ0) is 97.6. The summed E-state index contributed by atoms with van der Waals surface area (Å²) in [6.07, 6.45) is 1.74. The van der Waals surface area contributed by atoms with Gasteiger partial charge in [-0.3, -0.25) is 97.1 Å². The third kappa shape index (κ3) is 27.7. The molecule has 0 saturated carbocycles. The van der Waals surface area contributed by atoms with E-state index in [9.17, 15) is 62.6 Å². The third-order valence-corrected chi connectivity index (χ3v) is 25.2. The van der Waals surface area contributed by atoms with Gasteiger partial charge in [0.1, 0.15) is 63.9 Å². The van der Waals surface area contributed by atoms with Crippen LogP contribution in [0.5, 0.6) is 11.5 Å². The second kappa shape index (κ2) is 51.7. The van der Waals surface area contributed by atoms with Crippen molar-refractivity contribution in [3.8, 4) is 21.5 Å². The summed E-state index contributed by atoms with van der Waals surface area (Å²) >= 11 is 15.6. The van der Waals surface area contributed by atoms with E-state index in [1.807, 2.05) is 71.5 Å². The molecule has 4 atom stereocenters. The standard InChI is InChI=1S/C46H53ClN8O12S.C29H40N2O11.C19H17ClN4O2S/c1-27-28(2)68-46-39(27)41(30-7-9-31(47)10-8-30)50-33(42-53-52-29(3)54(42)46)25-37(57)48-13-15-62-17-19-64-21-23-66-24-22-65-20-18-63-16-14-49-38(58)26-67-35-6-4-5-32-40(35)45(61)55(44(32)60)34-11-12-36(56)51-43(34)59;1-2-10-37-12-14-39-16-18-41-19-17-40-15-13-38-11-4-5-21(32)20-42-24-7-3-6-22-26(24)29(36)31(28(22)35)23-8-9-25(33)30-27(23)34;1-9-10(2)27-19-16(9)17(12-4-6-13(20)7-5-12)21-14(8-15(25)26)18-23-22-11(3)24(18)19/h4-10,33-34H,11-26H2,1-3H3,(H,48,57)(H,49,58)(H,51,56,59);3,6-7,23H,2,4-5,8-20H2,1H3,(H,30,33,34);4-7,14H,8H2,1-3H3,(H,25,26)/t33-,34?;;14-/m0.0/s1. The van der Waals surface area contributed by atoms with Crippen molar-refractivity contribution >= 4 is 128 Å². The number of aliphatic carboxylic acids is 1. The molecule has 4 aromatic carbocycles. The van der Waals surface area contributed by atoms with E-state index in [-0.39, 0.29) is 110 Å². The van der Waals surface area contributed by atoms with Crippen LogP contribution in [0.3, 0.4) is 0 Å². The van der Waals surface area contributed by atoms with Crippen molar-refractivity contribution in [1.29, 1.82) is 0 Å². The van der Waals surface area contributed by atoms with Crippen LogP contribution in [0, 0.1) is 41.5 Å². The van der Waals surface area contributed by atoms with Crippen molar-refractivity contribution in [3.05, 3.63) is 184 Å². The number of ketones is 1. The molecule has 2 fully saturated rings. The Morgan fingerprint density at radius 3 is 1.21 bits per heavy atom. The van der Waals surface area contributed by atoms with E-state index < -0.39 is 89.9 Å². The van der Waals surface area contributed by atoms with Crippen LogP contribution in [0.4, 0.5) is 0 Å². The van der Waals surface area contributed by atoms with E-state index in [2.05, 4.69) is 76.3 Å². The molecule has 2 unspecified atom stereocenters. The van der Waals surface area contributed by atoms with Crippen LogP contribution in [0.2, 0.25) is 10.0 Å². The molecule has 8 aromatic rings. The second-order valence-corrected chi connectivity index (χ2v) is 35.2. The normalized spacial score (nSPS) is 16.4. The Bertz CT molecular complexity index is 5720. The number of nitrogens with one attached hydrogen (secondary N) is 4. The highest BCUT2D eigenvalue weighted by molar-refractivity contribution is 7.15. The predicted molar refractivity (Wildman–Crippen MR) is 499 cm³/mol. The van der Waals surface area contributed by atoms with E-state index in [0.717, 1.165) is 89.3 Å². The van der Waals surface area contributed by atoms with Gasteiger partial charge in [0.2, 0.25) is 29.5 Å². The van der Waals surface area contributed by atoms with Gasteiger partial charge in [0.05, 0.1) is 165 Å². The molecule has 137 heavy (non-hydrogen) atoms. The number of halogens is 2. The molecule has 5 N–H and O–H groups in total. The number of benzene rings is 4. The first-order valence-corrected chi connectivity index (χ1v) is 47.3. The number of hydrogen-bond donors (Lipinski definition) is 5. The lowest BCUT2D eigenvalue weighted by Crippen LogP contribution is -2.54. The lowest BCUT2D eigenvalue weighted by molar-refractivity contribution is -0.138. The number of carbonyl (C=O) groups excluding carboxylic acids is 11. The molecule has 4 aromatic heterocycles. The number of aromatic nitrogens is 6. The van der Waals surface area contributed by atoms with Gasteiger partial charge in [-0.2, -0.15) is 0 Å². The van der Waals surface area contributed by atoms with E-state index in [1.54, 1.807) is 28.7 Å². The number of carboxylic acid groups (broad SMARTS) is 1. The van der Waals surface area contributed by atoms with Crippen molar-refractivity contribution in [1.82, 2.24) is 60.6 Å². The summed E-state index contributed by atoms with van der Waals surface area (Å²) < 4.78 is 69.9. The maximum absolute atomic E-state index is 13.2. The van der Waals surface area contributed by atoms with Gasteiger partial charge in [-0.25, -0.2) is 0 Å². The first-order valence-electron chi connectivity index (χ1n) is 44.9. The highest BCUT2D eigenvalue weighted by Crippen LogP contribution is 2.43. The van der Waals surface area contributed by atoms with Gasteiger partial charge in [0.15, 0.2) is 24.0 Å². The molecule has 0 bridgehead atoms. The first kappa shape index (κ1) is 104. The molecule has 0 aliphatic carbocycles. The lowest BCUT2D eigenvalue weighted by atomic mass is 9.99. The summed E-state index contributed by atoms with van der Waals surface area (Å²) in [4.78, 5) is 163. The topological polar surface area (TPSA) is 477 Å². The molecule has 0 radical (unpaired) electrons. The number of aryl methyl sites for hydroxylation is 4. The molecule has 732 valence electrons. The van der Waals surface area contributed by atoms with Crippen LogP contribution < -0.4 is 30.7 Å². The summed E-state index contributed by atoms with van der Waals surface area (Å²) in [6.45, 7) is 22.3. The second-order valence-electron chi connectivity index (χ2n) is 31.9. The number of carbonyl (C=O) groups is 12. The van der Waals surface area contributed by atoms with Crippen LogP contribution in [-0.2, 0) is 85.7 Å². The van der Waals surface area contributed by atoms with Crippen LogP contribution in [-0.4, -0.2) is 297 Å². The van der Waals surface area contributed by atoms with Crippen molar-refractivity contribution in [2.45, 2.75) is 130 Å². The number of ether oxygens (including phenoxy) is 12. The number of rotatable bonds is 50. The molecule has 39 nitrogen and oxygen atoms in total. The fourth-order valence-electron chi connectivity index (χ4n) is 15.3. The van der Waals surface area contributed by atoms with E-state index in [4.69, 9.17) is 90.0 Å². The monoisotopic (exact) mass is 1970 g/mol. The predicted octanol–water partition coefficient (Wildman–Crippen LogP) is 8.57. The van der Waals surface area contributed by atoms with Crippen LogP contribution in [0.1, 0.15) is 185 Å². The quantitative estimate of drug-likeness (QED) is 0.0176. The Morgan fingerprint density at radius 2 is 0.818 bits per heavy atom. The van der Waals surface area contributed by atoms with E-state index >= 15 is 0 Å². The van der Waals surface area contributed by atoms with Crippen molar-refractivity contribution in [3.63, 3.8) is 0 Å². The van der Waals surface area contributed by atoms with E-state index in [0.29, 0.717) is 154 Å². The largest absolute Gasteiger partial charge is 0.485 e. The number of nitrogens with zero attached hydrogens (tertiary/aromatic N) is 10. The van der Waals surface area contributed by atoms with Crippen LogP contribution in [0.25, 0.3) is 10.0 Å². The Labute approximate surface area is 807 Å². The summed E-state index contributed by atoms with van der Waals surface area (Å²) in [7, 11) is 0. The van der Waals surface area contributed by atoms with Gasteiger partial charge in [-0.05, 0) is 127 Å². The molecule has 6 aliphatic rings. The number of amides is 10. The first-order chi connectivity index (χ1) is 66.2. The maximum Gasteiger partial charge on any atom is 0.306 e. The average Bonchev–Trinajstić information content (AvgIpc) is 1.60. The molecule has 6 aliphatic heterocycles. The molecular formula is C94H110Cl2N14O25S2. The minimum atomic E-state index is -1.11. The van der Waals surface area contributed by atoms with Gasteiger partial charge >= 0.3 is 5.97 Å². The SMILES string of the molecule is CCCOCCOCCOCCOCCOCCCC(=O)COc1cccc2c1C(=O)N(C1CCC(=O)NC1=O)C2=O.Cc1sc2c(c1C)C(c1ccc(Cl)cc1)=N[C@@H](CC(=O)NCCOCCOCCOCCOCCOCCNC(=O)COc1cccc3c1C(=O)N(C1CCC(=O)NC1=O)C3=O)c1nnc(C)n1-2.Cc1sc2c(c1C)C(c1ccc(Cl)cc1)=N[C@@H](CC(=O)O)c1nnc(C)n1-2. The zero-order valence-electron chi connectivity index (χ0n) is 77.0. The number of thiophene rings is 2. The number of imide groups is 4. The maximum atomic E-state index is 13.2. The smallest absolute Gasteiger partial charge is 0.306 e. The Kier molecular flexibility index (Phi) is 39.3. The molecule has 0 spiro atoms. The number of fused-ring (bicyclic) bond motifs is 8. The number of carboxylic acids is 1. The minimum Gasteiger partial charge on any atom is -0.485 e. The van der Waals surface area contributed by atoms with Crippen molar-refractivity contribution in [2.24, 2.45) is 9.98 Å². The molecule has 2 saturated heterocycles. The molecule has 43 heteroatoms. The molecule has 10 heterocycles. The molecular weight excluding hydrogens is 1860 g/mol. The van der Waals surface area contributed by atoms with Crippen LogP contribution >= 0.6 is 45.9 Å². The highest BCUT2D eigenvalue weighted by atomic mass is 35.5. The fraction of sp³-hybridized carbons (Fsp3) is 0.468. The van der Waals surface area contributed by atoms with Crippen molar-refractivity contribution < 1.29 is 119 Å². The summed E-state index contributed by atoms with van der Waals surface area (Å²) in [5.41, 5.74) is 7.72. The molecule has 10 amide bonds. The number of Topliss-reactive ketones (excluding diaryl/α,β-unsaturated/α-hetero) is 1. The van der Waals surface area contributed by atoms with Gasteiger partial charge in [-0.15, -0.1) is 43.1 Å².